The van der Waals surface area contributed by atoms with Gasteiger partial charge in [-0.25, -0.2) is 4.79 Å². The van der Waals surface area contributed by atoms with Crippen LogP contribution in [-0.4, -0.2) is 39.1 Å². The van der Waals surface area contributed by atoms with Gasteiger partial charge in [0.25, 0.3) is 5.91 Å². The quantitative estimate of drug-likeness (QED) is 0.918. The van der Waals surface area contributed by atoms with Crippen LogP contribution in [0.25, 0.3) is 0 Å². The van der Waals surface area contributed by atoms with Gasteiger partial charge in [0.1, 0.15) is 6.04 Å². The summed E-state index contributed by atoms with van der Waals surface area (Å²) in [5.74, 6) is -0.273. The molecule has 1 aromatic rings. The van der Waals surface area contributed by atoms with E-state index in [1.165, 1.54) is 22.9 Å². The number of nitrogens with zero attached hydrogens (tertiary/aromatic N) is 1. The summed E-state index contributed by atoms with van der Waals surface area (Å²) in [4.78, 5) is 25.1. The molecule has 0 aliphatic carbocycles. The Labute approximate surface area is 116 Å². The minimum atomic E-state index is -0.960. The zero-order valence-electron chi connectivity index (χ0n) is 10.9. The lowest BCUT2D eigenvalue weighted by Gasteiger charge is -2.27. The highest BCUT2D eigenvalue weighted by atomic mass is 32.2. The van der Waals surface area contributed by atoms with Crippen LogP contribution in [-0.2, 0) is 4.79 Å². The molecule has 1 aliphatic heterocycles. The summed E-state index contributed by atoms with van der Waals surface area (Å²) in [6.45, 7) is 4.12. The first-order valence-corrected chi connectivity index (χ1v) is 7.26. The second-order valence-electron chi connectivity index (χ2n) is 4.96. The fraction of sp³-hybridized carbons (Fsp3) is 0.538. The molecule has 19 heavy (non-hydrogen) atoms. The molecule has 0 aromatic carbocycles. The van der Waals surface area contributed by atoms with E-state index in [1.54, 1.807) is 12.1 Å². The molecular formula is C13H17NO4S. The van der Waals surface area contributed by atoms with Crippen molar-refractivity contribution in [1.29, 1.82) is 0 Å². The maximum absolute atomic E-state index is 12.4. The zero-order valence-corrected chi connectivity index (χ0v) is 11.7. The van der Waals surface area contributed by atoms with Crippen LogP contribution in [0.5, 0.6) is 0 Å². The van der Waals surface area contributed by atoms with Gasteiger partial charge in [-0.3, -0.25) is 4.79 Å². The van der Waals surface area contributed by atoms with Gasteiger partial charge in [-0.05, 0) is 24.5 Å². The van der Waals surface area contributed by atoms with Crippen LogP contribution < -0.4 is 0 Å². The van der Waals surface area contributed by atoms with E-state index in [4.69, 9.17) is 4.42 Å². The summed E-state index contributed by atoms with van der Waals surface area (Å²) < 4.78 is 5.10. The fourth-order valence-corrected chi connectivity index (χ4v) is 3.77. The molecule has 1 fully saturated rings. The van der Waals surface area contributed by atoms with E-state index in [1.807, 2.05) is 0 Å². The maximum Gasteiger partial charge on any atom is 0.327 e. The highest BCUT2D eigenvalue weighted by molar-refractivity contribution is 8.00. The van der Waals surface area contributed by atoms with Crippen LogP contribution >= 0.6 is 11.8 Å². The average Bonchev–Trinajstić information content (AvgIpc) is 2.95. The topological polar surface area (TPSA) is 70.8 Å². The molecule has 0 bridgehead atoms. The average molecular weight is 283 g/mol. The summed E-state index contributed by atoms with van der Waals surface area (Å²) in [6.07, 6.45) is 2.20. The largest absolute Gasteiger partial charge is 0.480 e. The Hall–Kier alpha value is -1.43. The van der Waals surface area contributed by atoms with Crippen LogP contribution in [0.15, 0.2) is 22.8 Å². The van der Waals surface area contributed by atoms with Crippen LogP contribution in [0.4, 0.5) is 0 Å². The Morgan fingerprint density at radius 1 is 1.58 bits per heavy atom. The highest BCUT2D eigenvalue weighted by Crippen LogP contribution is 2.34. The zero-order chi connectivity index (χ0) is 14.0. The minimum absolute atomic E-state index is 0.0984. The molecule has 6 heteroatoms. The molecule has 1 amide bonds. The van der Waals surface area contributed by atoms with Crippen molar-refractivity contribution in [2.24, 2.45) is 5.92 Å². The summed E-state index contributed by atoms with van der Waals surface area (Å²) in [5.41, 5.74) is 0. The minimum Gasteiger partial charge on any atom is -0.480 e. The Kier molecular flexibility index (Phi) is 4.19. The number of carbonyl (C=O) groups excluding carboxylic acids is 1. The predicted molar refractivity (Wildman–Crippen MR) is 72.0 cm³/mol. The summed E-state index contributed by atoms with van der Waals surface area (Å²) >= 11 is 1.52. The van der Waals surface area contributed by atoms with Gasteiger partial charge in [-0.15, -0.1) is 11.8 Å². The molecule has 0 spiro atoms. The van der Waals surface area contributed by atoms with E-state index >= 15 is 0 Å². The Morgan fingerprint density at radius 2 is 2.32 bits per heavy atom. The van der Waals surface area contributed by atoms with Crippen molar-refractivity contribution in [3.63, 3.8) is 0 Å². The van der Waals surface area contributed by atoms with Crippen LogP contribution in [0.2, 0.25) is 0 Å². The van der Waals surface area contributed by atoms with Crippen molar-refractivity contribution in [1.82, 2.24) is 4.90 Å². The molecule has 0 saturated carbocycles. The second-order valence-corrected chi connectivity index (χ2v) is 6.17. The van der Waals surface area contributed by atoms with E-state index < -0.39 is 12.0 Å². The van der Waals surface area contributed by atoms with Crippen molar-refractivity contribution in [2.45, 2.75) is 31.7 Å². The lowest BCUT2D eigenvalue weighted by Crippen LogP contribution is -2.45. The summed E-state index contributed by atoms with van der Waals surface area (Å²) in [6, 6.07) is 2.42. The monoisotopic (exact) mass is 283 g/mol. The molecule has 0 radical (unpaired) electrons. The van der Waals surface area contributed by atoms with Gasteiger partial charge in [-0.1, -0.05) is 13.8 Å². The normalized spacial score (nSPS) is 23.0. The third-order valence-corrected chi connectivity index (χ3v) is 4.33. The molecule has 1 saturated heterocycles. The van der Waals surface area contributed by atoms with Crippen molar-refractivity contribution in [2.75, 3.05) is 5.75 Å². The Morgan fingerprint density at radius 3 is 2.84 bits per heavy atom. The van der Waals surface area contributed by atoms with Crippen LogP contribution in [0, 0.1) is 5.92 Å². The van der Waals surface area contributed by atoms with Gasteiger partial charge in [0.05, 0.1) is 11.6 Å². The van der Waals surface area contributed by atoms with Gasteiger partial charge in [-0.2, -0.15) is 0 Å². The number of carbonyl (C=O) groups is 2. The smallest absolute Gasteiger partial charge is 0.327 e. The number of hydrogen-bond acceptors (Lipinski definition) is 4. The van der Waals surface area contributed by atoms with Crippen molar-refractivity contribution in [3.8, 4) is 0 Å². The van der Waals surface area contributed by atoms with Gasteiger partial charge in [0, 0.05) is 5.75 Å². The number of carboxylic acids is 1. The summed E-state index contributed by atoms with van der Waals surface area (Å²) in [7, 11) is 0. The number of carboxylic acid groups (broad SMARTS) is 1. The van der Waals surface area contributed by atoms with Gasteiger partial charge < -0.3 is 14.4 Å². The molecule has 1 aromatic heterocycles. The molecular weight excluding hydrogens is 266 g/mol. The SMILES string of the molecule is CC(C)CC1SCC(C(=O)O)N1C(=O)c1ccco1. The van der Waals surface area contributed by atoms with Crippen molar-refractivity contribution < 1.29 is 19.1 Å². The third-order valence-electron chi connectivity index (χ3n) is 3.02. The predicted octanol–water partition coefficient (Wildman–Crippen LogP) is 2.29. The number of amides is 1. The number of furan rings is 1. The standard InChI is InChI=1S/C13H17NO4S/c1-8(2)6-11-14(9(7-19-11)13(16)17)12(15)10-4-3-5-18-10/h3-5,8-9,11H,6-7H2,1-2H3,(H,16,17). The van der Waals surface area contributed by atoms with Gasteiger partial charge >= 0.3 is 5.97 Å². The van der Waals surface area contributed by atoms with E-state index in [0.717, 1.165) is 6.42 Å². The number of aliphatic carboxylic acids is 1. The first-order valence-electron chi connectivity index (χ1n) is 6.21. The molecule has 104 valence electrons. The fourth-order valence-electron chi connectivity index (χ4n) is 2.14. The molecule has 2 unspecified atom stereocenters. The Balaban J connectivity index is 2.23. The Bertz CT molecular complexity index is 457. The first-order chi connectivity index (χ1) is 9.00. The third kappa shape index (κ3) is 2.94. The summed E-state index contributed by atoms with van der Waals surface area (Å²) in [5, 5.41) is 9.15. The van der Waals surface area contributed by atoms with Gasteiger partial charge in [0.15, 0.2) is 5.76 Å². The number of thioether (sulfide) groups is 1. The lowest BCUT2D eigenvalue weighted by molar-refractivity contribution is -0.141. The van der Waals surface area contributed by atoms with E-state index in [2.05, 4.69) is 13.8 Å². The van der Waals surface area contributed by atoms with E-state index in [0.29, 0.717) is 11.7 Å². The lowest BCUT2D eigenvalue weighted by atomic mass is 10.1. The van der Waals surface area contributed by atoms with Crippen LogP contribution in [0.3, 0.4) is 0 Å². The van der Waals surface area contributed by atoms with Crippen molar-refractivity contribution >= 4 is 23.6 Å². The van der Waals surface area contributed by atoms with Crippen LogP contribution in [0.1, 0.15) is 30.8 Å². The first kappa shape index (κ1) is 14.0. The van der Waals surface area contributed by atoms with Crippen molar-refractivity contribution in [3.05, 3.63) is 24.2 Å². The molecule has 2 rings (SSSR count). The molecule has 1 N–H and O–H groups in total. The molecule has 1 aliphatic rings. The van der Waals surface area contributed by atoms with E-state index in [-0.39, 0.29) is 17.0 Å². The van der Waals surface area contributed by atoms with Gasteiger partial charge in [0.2, 0.25) is 0 Å². The molecule has 2 heterocycles. The number of hydrogen-bond donors (Lipinski definition) is 1. The maximum atomic E-state index is 12.4. The number of rotatable bonds is 4. The highest BCUT2D eigenvalue weighted by Gasteiger charge is 2.42. The molecule has 2 atom stereocenters. The molecule has 5 nitrogen and oxygen atoms in total. The van der Waals surface area contributed by atoms with E-state index in [9.17, 15) is 14.7 Å². The second kappa shape index (κ2) is 5.69.